The quantitative estimate of drug-likeness (QED) is 0.486. The average molecular weight is 411 g/mol. The molecule has 0 spiro atoms. The number of rotatable bonds is 8. The molecule has 1 atom stereocenters. The number of nitrogens with zero attached hydrogens (tertiary/aromatic N) is 3. The zero-order valence-corrected chi connectivity index (χ0v) is 17.3. The molecular formula is C22H25N3O5. The van der Waals surface area contributed by atoms with Crippen molar-refractivity contribution in [2.45, 2.75) is 26.2 Å². The smallest absolute Gasteiger partial charge is 0.269 e. The molecule has 2 aromatic carbocycles. The van der Waals surface area contributed by atoms with Gasteiger partial charge >= 0.3 is 0 Å². The summed E-state index contributed by atoms with van der Waals surface area (Å²) >= 11 is 0. The zero-order valence-electron chi connectivity index (χ0n) is 17.3. The molecule has 1 aliphatic heterocycles. The largest absolute Gasteiger partial charge is 0.493 e. The molecule has 0 saturated heterocycles. The molecule has 0 aromatic heterocycles. The molecule has 8 nitrogen and oxygen atoms in total. The van der Waals surface area contributed by atoms with E-state index >= 15 is 0 Å². The Morgan fingerprint density at radius 1 is 1.13 bits per heavy atom. The fraction of sp³-hybridized carbons (Fsp3) is 0.364. The minimum Gasteiger partial charge on any atom is -0.493 e. The normalized spacial score (nSPS) is 16.2. The van der Waals surface area contributed by atoms with Crippen molar-refractivity contribution in [3.63, 3.8) is 0 Å². The number of hydrazone groups is 1. The Balaban J connectivity index is 1.82. The monoisotopic (exact) mass is 411 g/mol. The Bertz CT molecular complexity index is 956. The van der Waals surface area contributed by atoms with Gasteiger partial charge in [-0.1, -0.05) is 19.1 Å². The number of benzene rings is 2. The van der Waals surface area contributed by atoms with Crippen LogP contribution in [0.2, 0.25) is 0 Å². The summed E-state index contributed by atoms with van der Waals surface area (Å²) in [5, 5.41) is 17.0. The van der Waals surface area contributed by atoms with Gasteiger partial charge in [-0.05, 0) is 36.6 Å². The average Bonchev–Trinajstić information content (AvgIpc) is 2.77. The number of nitro groups is 1. The third-order valence-electron chi connectivity index (χ3n) is 5.26. The van der Waals surface area contributed by atoms with Gasteiger partial charge in [0.05, 0.1) is 24.9 Å². The van der Waals surface area contributed by atoms with Crippen LogP contribution in [0.4, 0.5) is 5.69 Å². The Kier molecular flexibility index (Phi) is 6.66. The lowest BCUT2D eigenvalue weighted by Crippen LogP contribution is -2.38. The highest BCUT2D eigenvalue weighted by Gasteiger charge is 2.29. The van der Waals surface area contributed by atoms with E-state index in [0.717, 1.165) is 23.3 Å². The summed E-state index contributed by atoms with van der Waals surface area (Å²) in [5.74, 6) is 1.26. The van der Waals surface area contributed by atoms with Crippen LogP contribution >= 0.6 is 0 Å². The Hall–Kier alpha value is -3.42. The van der Waals surface area contributed by atoms with E-state index in [-0.39, 0.29) is 17.5 Å². The highest BCUT2D eigenvalue weighted by Crippen LogP contribution is 2.31. The molecule has 0 radical (unpaired) electrons. The molecule has 30 heavy (non-hydrogen) atoms. The number of non-ortho nitro benzene ring substituents is 1. The first-order valence-corrected chi connectivity index (χ1v) is 9.81. The van der Waals surface area contributed by atoms with E-state index in [0.29, 0.717) is 30.9 Å². The SMILES string of the molecule is CCC1CC(=O)N(CCc2ccc([N+](=O)[O-])cc2)N=C1c1ccc(OC)c(OC)c1. The maximum Gasteiger partial charge on any atom is 0.269 e. The van der Waals surface area contributed by atoms with Crippen LogP contribution in [0.15, 0.2) is 47.6 Å². The lowest BCUT2D eigenvalue weighted by molar-refractivity contribution is -0.384. The molecule has 3 rings (SSSR count). The Morgan fingerprint density at radius 3 is 2.43 bits per heavy atom. The number of hydrogen-bond acceptors (Lipinski definition) is 6. The van der Waals surface area contributed by atoms with Gasteiger partial charge in [0, 0.05) is 36.6 Å². The highest BCUT2D eigenvalue weighted by atomic mass is 16.6. The zero-order chi connectivity index (χ0) is 21.7. The van der Waals surface area contributed by atoms with Gasteiger partial charge in [-0.15, -0.1) is 0 Å². The van der Waals surface area contributed by atoms with Crippen molar-refractivity contribution in [1.82, 2.24) is 5.01 Å². The van der Waals surface area contributed by atoms with Gasteiger partial charge in [0.2, 0.25) is 5.91 Å². The Labute approximate surface area is 175 Å². The molecule has 1 unspecified atom stereocenters. The number of hydrogen-bond donors (Lipinski definition) is 0. The van der Waals surface area contributed by atoms with Crippen LogP contribution in [-0.2, 0) is 11.2 Å². The third kappa shape index (κ3) is 4.59. The van der Waals surface area contributed by atoms with Gasteiger partial charge < -0.3 is 9.47 Å². The molecule has 0 aliphatic carbocycles. The second kappa shape index (κ2) is 9.39. The van der Waals surface area contributed by atoms with Gasteiger partial charge in [0.1, 0.15) is 0 Å². The summed E-state index contributed by atoms with van der Waals surface area (Å²) in [6, 6.07) is 12.0. The van der Waals surface area contributed by atoms with Crippen LogP contribution in [0.1, 0.15) is 30.9 Å². The predicted molar refractivity (Wildman–Crippen MR) is 113 cm³/mol. The number of ether oxygens (including phenoxy) is 2. The summed E-state index contributed by atoms with van der Waals surface area (Å²) in [7, 11) is 3.17. The summed E-state index contributed by atoms with van der Waals surface area (Å²) in [6.45, 7) is 2.45. The van der Waals surface area contributed by atoms with Crippen molar-refractivity contribution >= 4 is 17.3 Å². The second-order valence-electron chi connectivity index (χ2n) is 7.05. The second-order valence-corrected chi connectivity index (χ2v) is 7.05. The van der Waals surface area contributed by atoms with Crippen LogP contribution in [0.3, 0.4) is 0 Å². The molecule has 1 amide bonds. The molecule has 0 bridgehead atoms. The summed E-state index contributed by atoms with van der Waals surface area (Å²) in [5.41, 5.74) is 2.70. The van der Waals surface area contributed by atoms with E-state index < -0.39 is 4.92 Å². The summed E-state index contributed by atoms with van der Waals surface area (Å²) in [4.78, 5) is 23.0. The molecule has 0 saturated carbocycles. The number of carbonyl (C=O) groups is 1. The standard InChI is InChI=1S/C22H25N3O5/c1-4-16-14-21(26)24(12-11-15-5-8-18(9-6-15)25(27)28)23-22(16)17-7-10-19(29-2)20(13-17)30-3/h5-10,13,16H,4,11-12,14H2,1-3H3. The van der Waals surface area contributed by atoms with Crippen LogP contribution in [0.25, 0.3) is 0 Å². The number of carbonyl (C=O) groups excluding carboxylic acids is 1. The Morgan fingerprint density at radius 2 is 1.83 bits per heavy atom. The highest BCUT2D eigenvalue weighted by molar-refractivity contribution is 6.06. The number of amides is 1. The third-order valence-corrected chi connectivity index (χ3v) is 5.26. The van der Waals surface area contributed by atoms with Crippen molar-refractivity contribution in [3.05, 3.63) is 63.7 Å². The fourth-order valence-electron chi connectivity index (χ4n) is 3.50. The van der Waals surface area contributed by atoms with E-state index in [1.165, 1.54) is 17.1 Å². The summed E-state index contributed by atoms with van der Waals surface area (Å²) in [6.07, 6.45) is 1.75. The van der Waals surface area contributed by atoms with E-state index in [4.69, 9.17) is 9.47 Å². The van der Waals surface area contributed by atoms with Crippen LogP contribution in [0.5, 0.6) is 11.5 Å². The number of methoxy groups -OCH3 is 2. The maximum atomic E-state index is 12.6. The minimum absolute atomic E-state index is 0.0204. The molecule has 0 fully saturated rings. The van der Waals surface area contributed by atoms with E-state index in [1.54, 1.807) is 26.4 Å². The van der Waals surface area contributed by atoms with Gasteiger partial charge in [0.15, 0.2) is 11.5 Å². The predicted octanol–water partition coefficient (Wildman–Crippen LogP) is 3.82. The van der Waals surface area contributed by atoms with Crippen LogP contribution in [0, 0.1) is 16.0 Å². The molecule has 1 heterocycles. The van der Waals surface area contributed by atoms with Crippen molar-refractivity contribution in [3.8, 4) is 11.5 Å². The van der Waals surface area contributed by atoms with Crippen molar-refractivity contribution < 1.29 is 19.2 Å². The lowest BCUT2D eigenvalue weighted by atomic mass is 9.89. The molecule has 0 N–H and O–H groups in total. The molecule has 1 aliphatic rings. The molecular weight excluding hydrogens is 386 g/mol. The fourth-order valence-corrected chi connectivity index (χ4v) is 3.50. The first-order valence-electron chi connectivity index (χ1n) is 9.81. The van der Waals surface area contributed by atoms with Gasteiger partial charge in [-0.3, -0.25) is 14.9 Å². The summed E-state index contributed by atoms with van der Waals surface area (Å²) < 4.78 is 10.7. The van der Waals surface area contributed by atoms with Crippen molar-refractivity contribution in [2.75, 3.05) is 20.8 Å². The van der Waals surface area contributed by atoms with E-state index in [1.807, 2.05) is 25.1 Å². The van der Waals surface area contributed by atoms with Crippen LogP contribution < -0.4 is 9.47 Å². The minimum atomic E-state index is -0.428. The number of nitro benzene ring substituents is 1. The lowest BCUT2D eigenvalue weighted by Gasteiger charge is -2.29. The van der Waals surface area contributed by atoms with E-state index in [9.17, 15) is 14.9 Å². The van der Waals surface area contributed by atoms with Crippen molar-refractivity contribution in [1.29, 1.82) is 0 Å². The molecule has 2 aromatic rings. The van der Waals surface area contributed by atoms with Crippen molar-refractivity contribution in [2.24, 2.45) is 11.0 Å². The van der Waals surface area contributed by atoms with Gasteiger partial charge in [-0.25, -0.2) is 5.01 Å². The van der Waals surface area contributed by atoms with Gasteiger partial charge in [-0.2, -0.15) is 5.10 Å². The molecule has 8 heteroatoms. The first kappa shape index (κ1) is 21.3. The van der Waals surface area contributed by atoms with E-state index in [2.05, 4.69) is 5.10 Å². The maximum absolute atomic E-state index is 12.6. The first-order chi connectivity index (χ1) is 14.5. The van der Waals surface area contributed by atoms with Gasteiger partial charge in [0.25, 0.3) is 5.69 Å². The molecule has 158 valence electrons. The van der Waals surface area contributed by atoms with Crippen LogP contribution in [-0.4, -0.2) is 42.3 Å². The topological polar surface area (TPSA) is 94.3 Å².